The number of benzene rings is 1. The van der Waals surface area contributed by atoms with Gasteiger partial charge in [0.15, 0.2) is 17.0 Å². The molecule has 30 heavy (non-hydrogen) atoms. The molecule has 4 N–H and O–H groups in total. The van der Waals surface area contributed by atoms with Gasteiger partial charge in [0, 0.05) is 18.2 Å². The normalized spacial score (nSPS) is 13.1. The molecular weight excluding hydrogens is 387 g/mol. The summed E-state index contributed by atoms with van der Waals surface area (Å²) < 4.78 is 15.5. The second-order valence-electron chi connectivity index (χ2n) is 8.20. The van der Waals surface area contributed by atoms with Crippen LogP contribution in [0.2, 0.25) is 0 Å². The third-order valence-corrected chi connectivity index (χ3v) is 5.03. The van der Waals surface area contributed by atoms with Crippen molar-refractivity contribution in [2.45, 2.75) is 65.3 Å². The average Bonchev–Trinajstić information content (AvgIpc) is 3.10. The zero-order chi connectivity index (χ0) is 22.1. The van der Waals surface area contributed by atoms with E-state index in [2.05, 4.69) is 25.6 Å². The van der Waals surface area contributed by atoms with Crippen LogP contribution in [-0.4, -0.2) is 41.4 Å². The van der Waals surface area contributed by atoms with Crippen molar-refractivity contribution in [3.05, 3.63) is 35.9 Å². The van der Waals surface area contributed by atoms with Crippen LogP contribution in [0.25, 0.3) is 11.2 Å². The fourth-order valence-corrected chi connectivity index (χ4v) is 3.29. The molecule has 0 aliphatic heterocycles. The fourth-order valence-electron chi connectivity index (χ4n) is 3.29. The standard InChI is InChI=1S/C21H29FN6O2/c1-6-16(21(4,5)30)25-20-26-18(17-19(27-20)28(11-24-17)12(2)3)23-10-13-9-14(22)7-8-15(13)29/h7-9,11-12,16,29-30H,6,10H2,1-5H3,(H2,23,25,26,27). The Morgan fingerprint density at radius 3 is 2.60 bits per heavy atom. The third-order valence-electron chi connectivity index (χ3n) is 5.03. The molecule has 1 atom stereocenters. The van der Waals surface area contributed by atoms with Crippen LogP contribution in [0.1, 0.15) is 52.6 Å². The van der Waals surface area contributed by atoms with Gasteiger partial charge in [-0.1, -0.05) is 6.92 Å². The van der Waals surface area contributed by atoms with E-state index < -0.39 is 11.4 Å². The van der Waals surface area contributed by atoms with Gasteiger partial charge in [0.25, 0.3) is 0 Å². The Hall–Kier alpha value is -2.94. The molecule has 1 unspecified atom stereocenters. The number of rotatable bonds is 8. The molecule has 0 radical (unpaired) electrons. The predicted molar refractivity (Wildman–Crippen MR) is 115 cm³/mol. The lowest BCUT2D eigenvalue weighted by Crippen LogP contribution is -2.41. The van der Waals surface area contributed by atoms with Gasteiger partial charge in [-0.25, -0.2) is 9.37 Å². The predicted octanol–water partition coefficient (Wildman–Crippen LogP) is 3.83. The summed E-state index contributed by atoms with van der Waals surface area (Å²) in [6, 6.07) is 3.67. The number of fused-ring (bicyclic) bond motifs is 1. The molecule has 3 rings (SSSR count). The van der Waals surface area contributed by atoms with Crippen molar-refractivity contribution in [3.8, 4) is 5.75 Å². The van der Waals surface area contributed by atoms with E-state index in [-0.39, 0.29) is 24.4 Å². The molecule has 0 amide bonds. The Bertz CT molecular complexity index is 1030. The average molecular weight is 417 g/mol. The molecule has 162 valence electrons. The minimum Gasteiger partial charge on any atom is -0.508 e. The van der Waals surface area contributed by atoms with Crippen molar-refractivity contribution in [2.75, 3.05) is 10.6 Å². The molecule has 0 saturated carbocycles. The smallest absolute Gasteiger partial charge is 0.227 e. The van der Waals surface area contributed by atoms with Crippen LogP contribution < -0.4 is 10.6 Å². The molecule has 2 aromatic heterocycles. The molecular formula is C21H29FN6O2. The Kier molecular flexibility index (Phi) is 6.12. The highest BCUT2D eigenvalue weighted by molar-refractivity contribution is 5.84. The first-order valence-electron chi connectivity index (χ1n) is 10.0. The number of anilines is 2. The van der Waals surface area contributed by atoms with E-state index in [1.54, 1.807) is 20.2 Å². The molecule has 0 aliphatic carbocycles. The number of phenolic OH excluding ortho intramolecular Hbond substituents is 1. The van der Waals surface area contributed by atoms with Gasteiger partial charge in [0.1, 0.15) is 11.6 Å². The summed E-state index contributed by atoms with van der Waals surface area (Å²) in [7, 11) is 0. The molecule has 0 bridgehead atoms. The van der Waals surface area contributed by atoms with E-state index in [9.17, 15) is 14.6 Å². The van der Waals surface area contributed by atoms with Gasteiger partial charge in [-0.15, -0.1) is 0 Å². The van der Waals surface area contributed by atoms with Crippen molar-refractivity contribution in [3.63, 3.8) is 0 Å². The summed E-state index contributed by atoms with van der Waals surface area (Å²) >= 11 is 0. The van der Waals surface area contributed by atoms with Crippen molar-refractivity contribution >= 4 is 22.9 Å². The van der Waals surface area contributed by atoms with E-state index >= 15 is 0 Å². The molecule has 0 aliphatic rings. The van der Waals surface area contributed by atoms with Crippen LogP contribution >= 0.6 is 0 Å². The van der Waals surface area contributed by atoms with Gasteiger partial charge in [0.2, 0.25) is 5.95 Å². The minimum absolute atomic E-state index is 0.00617. The maximum atomic E-state index is 13.6. The summed E-state index contributed by atoms with van der Waals surface area (Å²) in [4.78, 5) is 13.6. The molecule has 2 heterocycles. The molecule has 9 heteroatoms. The number of aliphatic hydroxyl groups is 1. The zero-order valence-corrected chi connectivity index (χ0v) is 17.9. The van der Waals surface area contributed by atoms with E-state index in [1.807, 2.05) is 25.3 Å². The first-order valence-corrected chi connectivity index (χ1v) is 10.0. The summed E-state index contributed by atoms with van der Waals surface area (Å²) in [5.74, 6) is 0.370. The van der Waals surface area contributed by atoms with Gasteiger partial charge in [-0.05, 0) is 52.3 Å². The number of hydrogen-bond donors (Lipinski definition) is 4. The number of hydrogen-bond acceptors (Lipinski definition) is 7. The zero-order valence-electron chi connectivity index (χ0n) is 17.9. The SMILES string of the molecule is CCC(Nc1nc(NCc2cc(F)ccc2O)c2ncn(C(C)C)c2n1)C(C)(C)O. The molecule has 8 nitrogen and oxygen atoms in total. The summed E-state index contributed by atoms with van der Waals surface area (Å²) in [5.41, 5.74) is 0.648. The second kappa shape index (κ2) is 8.43. The van der Waals surface area contributed by atoms with Crippen LogP contribution in [0.3, 0.4) is 0 Å². The fraction of sp³-hybridized carbons (Fsp3) is 0.476. The monoisotopic (exact) mass is 416 g/mol. The van der Waals surface area contributed by atoms with Crippen molar-refractivity contribution < 1.29 is 14.6 Å². The van der Waals surface area contributed by atoms with Gasteiger partial charge >= 0.3 is 0 Å². The summed E-state index contributed by atoms with van der Waals surface area (Å²) in [6.45, 7) is 9.65. The van der Waals surface area contributed by atoms with Gasteiger partial charge in [-0.3, -0.25) is 0 Å². The number of aromatic nitrogens is 4. The Morgan fingerprint density at radius 1 is 1.23 bits per heavy atom. The topological polar surface area (TPSA) is 108 Å². The molecule has 3 aromatic rings. The van der Waals surface area contributed by atoms with Gasteiger partial charge in [0.05, 0.1) is 18.0 Å². The Morgan fingerprint density at radius 2 is 1.97 bits per heavy atom. The van der Waals surface area contributed by atoms with Crippen molar-refractivity contribution in [1.82, 2.24) is 19.5 Å². The highest BCUT2D eigenvalue weighted by atomic mass is 19.1. The minimum atomic E-state index is -0.966. The van der Waals surface area contributed by atoms with Crippen molar-refractivity contribution in [2.24, 2.45) is 0 Å². The molecule has 0 fully saturated rings. The Labute approximate surface area is 175 Å². The van der Waals surface area contributed by atoms with Crippen LogP contribution in [0.15, 0.2) is 24.5 Å². The lowest BCUT2D eigenvalue weighted by molar-refractivity contribution is 0.0577. The first-order chi connectivity index (χ1) is 14.1. The number of aromatic hydroxyl groups is 1. The van der Waals surface area contributed by atoms with Gasteiger partial charge in [-0.2, -0.15) is 9.97 Å². The van der Waals surface area contributed by atoms with Crippen LogP contribution in [0.4, 0.5) is 16.2 Å². The van der Waals surface area contributed by atoms with E-state index in [1.165, 1.54) is 18.2 Å². The van der Waals surface area contributed by atoms with Gasteiger partial charge < -0.3 is 25.4 Å². The summed E-state index contributed by atoms with van der Waals surface area (Å²) in [5, 5.41) is 26.8. The Balaban J connectivity index is 2.00. The first kappa shape index (κ1) is 21.8. The van der Waals surface area contributed by atoms with E-state index in [0.717, 1.165) is 0 Å². The largest absolute Gasteiger partial charge is 0.508 e. The number of nitrogens with zero attached hydrogens (tertiary/aromatic N) is 4. The lowest BCUT2D eigenvalue weighted by atomic mass is 9.97. The van der Waals surface area contributed by atoms with Crippen LogP contribution in [0.5, 0.6) is 5.75 Å². The molecule has 0 spiro atoms. The third kappa shape index (κ3) is 4.62. The summed E-state index contributed by atoms with van der Waals surface area (Å²) in [6.07, 6.45) is 2.38. The lowest BCUT2D eigenvalue weighted by Gasteiger charge is -2.29. The maximum Gasteiger partial charge on any atom is 0.227 e. The van der Waals surface area contributed by atoms with E-state index in [0.29, 0.717) is 34.9 Å². The van der Waals surface area contributed by atoms with E-state index in [4.69, 9.17) is 0 Å². The molecule has 1 aromatic carbocycles. The highest BCUT2D eigenvalue weighted by Crippen LogP contribution is 2.26. The van der Waals surface area contributed by atoms with Crippen molar-refractivity contribution in [1.29, 1.82) is 0 Å². The number of nitrogens with one attached hydrogen (secondary N) is 2. The van der Waals surface area contributed by atoms with Crippen LogP contribution in [0, 0.1) is 5.82 Å². The molecule has 0 saturated heterocycles. The van der Waals surface area contributed by atoms with Crippen LogP contribution in [-0.2, 0) is 6.54 Å². The maximum absolute atomic E-state index is 13.6. The number of imidazole rings is 1. The highest BCUT2D eigenvalue weighted by Gasteiger charge is 2.26. The number of phenols is 1. The number of halogens is 1. The second-order valence-corrected chi connectivity index (χ2v) is 8.20. The quantitative estimate of drug-likeness (QED) is 0.442.